The quantitative estimate of drug-likeness (QED) is 0.244. The first-order valence-electron chi connectivity index (χ1n) is 13.5. The van der Waals surface area contributed by atoms with Crippen LogP contribution in [0.25, 0.3) is 0 Å². The van der Waals surface area contributed by atoms with Gasteiger partial charge in [-0.05, 0) is 95.2 Å². The predicted molar refractivity (Wildman–Crippen MR) is 164 cm³/mol. The van der Waals surface area contributed by atoms with Crippen LogP contribution in [-0.2, 0) is 4.74 Å². The summed E-state index contributed by atoms with van der Waals surface area (Å²) in [7, 11) is 0. The second-order valence-electron chi connectivity index (χ2n) is 10.8. The van der Waals surface area contributed by atoms with Gasteiger partial charge in [0.25, 0.3) is 11.8 Å². The van der Waals surface area contributed by atoms with Gasteiger partial charge in [0, 0.05) is 23.3 Å². The lowest BCUT2D eigenvalue weighted by atomic mass is 9.93. The monoisotopic (exact) mass is 611 g/mol. The Bertz CT molecular complexity index is 1420. The van der Waals surface area contributed by atoms with Gasteiger partial charge >= 0.3 is 6.09 Å². The molecule has 1 saturated carbocycles. The van der Waals surface area contributed by atoms with Crippen molar-refractivity contribution in [2.24, 2.45) is 0 Å². The maximum atomic E-state index is 13.5. The van der Waals surface area contributed by atoms with Crippen molar-refractivity contribution >= 4 is 52.8 Å². The molecule has 1 fully saturated rings. The Morgan fingerprint density at radius 2 is 1.74 bits per heavy atom. The number of ether oxygens (including phenoxy) is 2. The first kappa shape index (κ1) is 31.1. The number of anilines is 2. The zero-order valence-corrected chi connectivity index (χ0v) is 25.5. The van der Waals surface area contributed by atoms with Gasteiger partial charge in [0.15, 0.2) is 5.69 Å². The number of halogens is 1. The van der Waals surface area contributed by atoms with Gasteiger partial charge in [0.05, 0.1) is 22.4 Å². The third-order valence-electron chi connectivity index (χ3n) is 6.36. The average Bonchev–Trinajstić information content (AvgIpc) is 2.94. The fourth-order valence-electron chi connectivity index (χ4n) is 4.40. The SMILES string of the molecule is CSc1ccc(C(=O)Nc2cccnc2C(=O)Nc2ccc(Cl)cn2)c(OC2CCC(NC(=O)OC(C)(C)C)CC2)c1. The molecular weight excluding hydrogens is 578 g/mol. The van der Waals surface area contributed by atoms with E-state index in [1.54, 1.807) is 30.3 Å². The number of carbonyl (C=O) groups excluding carboxylic acids is 3. The highest BCUT2D eigenvalue weighted by molar-refractivity contribution is 7.98. The minimum absolute atomic E-state index is 0.00165. The number of thioether (sulfide) groups is 1. The third-order valence-corrected chi connectivity index (χ3v) is 7.31. The van der Waals surface area contributed by atoms with Gasteiger partial charge in [0.1, 0.15) is 17.2 Å². The van der Waals surface area contributed by atoms with Gasteiger partial charge in [-0.1, -0.05) is 11.6 Å². The number of amides is 3. The minimum Gasteiger partial charge on any atom is -0.490 e. The number of nitrogens with one attached hydrogen (secondary N) is 3. The third kappa shape index (κ3) is 8.83. The molecule has 3 amide bonds. The molecule has 4 rings (SSSR count). The van der Waals surface area contributed by atoms with Crippen molar-refractivity contribution in [2.75, 3.05) is 16.9 Å². The lowest BCUT2D eigenvalue weighted by molar-refractivity contribution is 0.0469. The van der Waals surface area contributed by atoms with E-state index in [2.05, 4.69) is 25.9 Å². The summed E-state index contributed by atoms with van der Waals surface area (Å²) in [5.41, 5.74) is 0.0402. The van der Waals surface area contributed by atoms with Gasteiger partial charge in [-0.3, -0.25) is 9.59 Å². The smallest absolute Gasteiger partial charge is 0.407 e. The molecule has 0 radical (unpaired) electrons. The van der Waals surface area contributed by atoms with E-state index >= 15 is 0 Å². The van der Waals surface area contributed by atoms with Gasteiger partial charge < -0.3 is 25.4 Å². The molecule has 3 N–H and O–H groups in total. The van der Waals surface area contributed by atoms with E-state index in [1.807, 2.05) is 39.2 Å². The minimum atomic E-state index is -0.558. The summed E-state index contributed by atoms with van der Waals surface area (Å²) in [5, 5.41) is 8.85. The second kappa shape index (κ2) is 13.9. The summed E-state index contributed by atoms with van der Waals surface area (Å²) in [6, 6.07) is 11.8. The highest BCUT2D eigenvalue weighted by atomic mass is 35.5. The second-order valence-corrected chi connectivity index (χ2v) is 12.1. The van der Waals surface area contributed by atoms with E-state index < -0.39 is 23.5 Å². The molecule has 10 nitrogen and oxygen atoms in total. The van der Waals surface area contributed by atoms with Crippen molar-refractivity contribution in [1.82, 2.24) is 15.3 Å². The number of carbonyl (C=O) groups is 3. The highest BCUT2D eigenvalue weighted by Crippen LogP contribution is 2.31. The van der Waals surface area contributed by atoms with Crippen LogP contribution in [0.4, 0.5) is 16.3 Å². The lowest BCUT2D eigenvalue weighted by Crippen LogP contribution is -2.42. The first-order valence-corrected chi connectivity index (χ1v) is 15.1. The summed E-state index contributed by atoms with van der Waals surface area (Å²) < 4.78 is 11.7. The van der Waals surface area contributed by atoms with Crippen molar-refractivity contribution < 1.29 is 23.9 Å². The fraction of sp³-hybridized carbons (Fsp3) is 0.367. The molecule has 2 heterocycles. The van der Waals surface area contributed by atoms with Crippen molar-refractivity contribution in [3.05, 3.63) is 71.1 Å². The first-order chi connectivity index (χ1) is 20.0. The average molecular weight is 612 g/mol. The topological polar surface area (TPSA) is 132 Å². The molecule has 0 spiro atoms. The van der Waals surface area contributed by atoms with E-state index in [1.165, 1.54) is 24.2 Å². The van der Waals surface area contributed by atoms with E-state index in [-0.39, 0.29) is 23.5 Å². The molecule has 0 atom stereocenters. The zero-order chi connectivity index (χ0) is 30.3. The molecule has 0 aliphatic heterocycles. The fourth-order valence-corrected chi connectivity index (χ4v) is 4.94. The standard InChI is InChI=1S/C30H34ClN5O5S/c1-30(2,3)41-29(39)34-19-8-10-20(11-9-19)40-24-16-21(42-4)12-13-22(24)27(37)35-23-6-5-15-32-26(23)28(38)36-25-14-7-18(31)17-33-25/h5-7,12-17,19-20H,8-11H2,1-4H3,(H,34,39)(H,35,37)(H,33,36,38). The molecule has 2 aromatic heterocycles. The van der Waals surface area contributed by atoms with Crippen LogP contribution in [0, 0.1) is 0 Å². The molecule has 0 unspecified atom stereocenters. The molecule has 1 aliphatic rings. The van der Waals surface area contributed by atoms with Crippen LogP contribution < -0.4 is 20.7 Å². The van der Waals surface area contributed by atoms with Crippen molar-refractivity contribution in [3.8, 4) is 5.75 Å². The van der Waals surface area contributed by atoms with Crippen LogP contribution in [0.2, 0.25) is 5.02 Å². The molecule has 0 bridgehead atoms. The molecule has 12 heteroatoms. The molecule has 0 saturated heterocycles. The van der Waals surface area contributed by atoms with E-state index in [0.717, 1.165) is 17.7 Å². The van der Waals surface area contributed by atoms with Gasteiger partial charge in [-0.15, -0.1) is 11.8 Å². The molecule has 3 aromatic rings. The Balaban J connectivity index is 1.43. The molecule has 222 valence electrons. The van der Waals surface area contributed by atoms with Gasteiger partial charge in [0.2, 0.25) is 0 Å². The van der Waals surface area contributed by atoms with Crippen LogP contribution in [0.15, 0.2) is 59.8 Å². The number of hydrogen-bond acceptors (Lipinski definition) is 8. The van der Waals surface area contributed by atoms with Crippen LogP contribution in [-0.4, -0.2) is 51.9 Å². The highest BCUT2D eigenvalue weighted by Gasteiger charge is 2.27. The largest absolute Gasteiger partial charge is 0.490 e. The van der Waals surface area contributed by atoms with Gasteiger partial charge in [-0.25, -0.2) is 14.8 Å². The van der Waals surface area contributed by atoms with Crippen molar-refractivity contribution in [3.63, 3.8) is 0 Å². The molecule has 1 aliphatic carbocycles. The Labute approximate surface area is 254 Å². The van der Waals surface area contributed by atoms with Gasteiger partial charge in [-0.2, -0.15) is 0 Å². The van der Waals surface area contributed by atoms with Crippen molar-refractivity contribution in [2.45, 2.75) is 69.1 Å². The Kier molecular flexibility index (Phi) is 10.3. The number of benzene rings is 1. The Morgan fingerprint density at radius 3 is 2.40 bits per heavy atom. The summed E-state index contributed by atoms with van der Waals surface area (Å²) in [6.45, 7) is 5.49. The molecular formula is C30H34ClN5O5S. The lowest BCUT2D eigenvalue weighted by Gasteiger charge is -2.30. The summed E-state index contributed by atoms with van der Waals surface area (Å²) in [5.74, 6) is -0.230. The summed E-state index contributed by atoms with van der Waals surface area (Å²) in [4.78, 5) is 47.8. The Hall–Kier alpha value is -3.83. The van der Waals surface area contributed by atoms with E-state index in [4.69, 9.17) is 21.1 Å². The number of alkyl carbamates (subject to hydrolysis) is 1. The molecule has 1 aromatic carbocycles. The zero-order valence-electron chi connectivity index (χ0n) is 23.9. The van der Waals surface area contributed by atoms with E-state index in [9.17, 15) is 14.4 Å². The number of rotatable bonds is 8. The maximum Gasteiger partial charge on any atom is 0.407 e. The number of nitrogens with zero attached hydrogens (tertiary/aromatic N) is 2. The summed E-state index contributed by atoms with van der Waals surface area (Å²) >= 11 is 7.42. The number of aromatic nitrogens is 2. The van der Waals surface area contributed by atoms with E-state index in [0.29, 0.717) is 35.0 Å². The summed E-state index contributed by atoms with van der Waals surface area (Å²) in [6.07, 6.45) is 7.14. The van der Waals surface area contributed by atoms with Crippen LogP contribution in [0.5, 0.6) is 5.75 Å². The maximum absolute atomic E-state index is 13.5. The molecule has 42 heavy (non-hydrogen) atoms. The van der Waals surface area contributed by atoms with Crippen LogP contribution in [0.1, 0.15) is 67.3 Å². The Morgan fingerprint density at radius 1 is 0.976 bits per heavy atom. The predicted octanol–water partition coefficient (Wildman–Crippen LogP) is 6.57. The normalized spacial score (nSPS) is 16.7. The number of pyridine rings is 2. The van der Waals surface area contributed by atoms with Crippen molar-refractivity contribution in [1.29, 1.82) is 0 Å². The van der Waals surface area contributed by atoms with Crippen LogP contribution in [0.3, 0.4) is 0 Å². The van der Waals surface area contributed by atoms with Crippen LogP contribution >= 0.6 is 23.4 Å². The number of hydrogen-bond donors (Lipinski definition) is 3.